The summed E-state index contributed by atoms with van der Waals surface area (Å²) in [5, 5.41) is 2.89. The Labute approximate surface area is 123 Å². The smallest absolute Gasteiger partial charge is 0.305 e. The van der Waals surface area contributed by atoms with E-state index in [1.165, 1.54) is 12.1 Å². The molecule has 2 rings (SSSR count). The number of amides is 1. The molecule has 1 aromatic carbocycles. The van der Waals surface area contributed by atoms with E-state index in [1.807, 2.05) is 6.92 Å². The number of carbonyl (C=O) groups excluding carboxylic acids is 2. The number of hydrogen-bond acceptors (Lipinski definition) is 3. The summed E-state index contributed by atoms with van der Waals surface area (Å²) >= 11 is 0. The second-order valence-electron chi connectivity index (χ2n) is 5.71. The van der Waals surface area contributed by atoms with Crippen molar-refractivity contribution < 1.29 is 18.7 Å². The van der Waals surface area contributed by atoms with Crippen LogP contribution >= 0.6 is 0 Å². The first-order chi connectivity index (χ1) is 9.97. The number of hydrogen-bond donors (Lipinski definition) is 1. The van der Waals surface area contributed by atoms with Gasteiger partial charge in [-0.05, 0) is 37.5 Å². The van der Waals surface area contributed by atoms with Gasteiger partial charge in [-0.3, -0.25) is 9.59 Å². The van der Waals surface area contributed by atoms with Crippen molar-refractivity contribution in [2.24, 2.45) is 0 Å². The van der Waals surface area contributed by atoms with Crippen LogP contribution in [0.25, 0.3) is 0 Å². The molecule has 1 heterocycles. The van der Waals surface area contributed by atoms with Gasteiger partial charge in [0.15, 0.2) is 0 Å². The number of carbonyl (C=O) groups is 2. The number of rotatable bonds is 6. The van der Waals surface area contributed by atoms with Gasteiger partial charge in [0.25, 0.3) is 0 Å². The van der Waals surface area contributed by atoms with Crippen LogP contribution < -0.4 is 5.32 Å². The lowest BCUT2D eigenvalue weighted by atomic mass is 9.94. The average Bonchev–Trinajstić information content (AvgIpc) is 2.79. The van der Waals surface area contributed by atoms with E-state index in [0.29, 0.717) is 25.7 Å². The monoisotopic (exact) mass is 293 g/mol. The Bertz CT molecular complexity index is 515. The zero-order valence-electron chi connectivity index (χ0n) is 12.2. The zero-order chi connectivity index (χ0) is 15.3. The van der Waals surface area contributed by atoms with E-state index in [0.717, 1.165) is 12.0 Å². The fourth-order valence-corrected chi connectivity index (χ4v) is 2.42. The molecule has 1 aromatic rings. The molecule has 114 valence electrons. The van der Waals surface area contributed by atoms with Gasteiger partial charge in [-0.15, -0.1) is 0 Å². The van der Waals surface area contributed by atoms with E-state index in [4.69, 9.17) is 4.74 Å². The summed E-state index contributed by atoms with van der Waals surface area (Å²) in [5.41, 5.74) is 0.645. The quantitative estimate of drug-likeness (QED) is 0.819. The Morgan fingerprint density at radius 1 is 1.38 bits per heavy atom. The number of halogens is 1. The van der Waals surface area contributed by atoms with Crippen molar-refractivity contribution in [2.45, 2.75) is 44.6 Å². The molecule has 1 saturated heterocycles. The van der Waals surface area contributed by atoms with Gasteiger partial charge in [-0.25, -0.2) is 4.39 Å². The van der Waals surface area contributed by atoms with Gasteiger partial charge >= 0.3 is 5.97 Å². The van der Waals surface area contributed by atoms with Crippen LogP contribution in [-0.4, -0.2) is 24.0 Å². The van der Waals surface area contributed by atoms with Gasteiger partial charge in [0.05, 0.1) is 6.61 Å². The molecule has 0 aromatic heterocycles. The second kappa shape index (κ2) is 6.70. The number of esters is 1. The molecule has 1 atom stereocenters. The van der Waals surface area contributed by atoms with Gasteiger partial charge in [0.2, 0.25) is 5.91 Å². The summed E-state index contributed by atoms with van der Waals surface area (Å²) in [5.74, 6) is -0.496. The summed E-state index contributed by atoms with van der Waals surface area (Å²) < 4.78 is 17.9. The molecule has 1 N–H and O–H groups in total. The molecule has 5 heteroatoms. The van der Waals surface area contributed by atoms with Crippen LogP contribution in [0.4, 0.5) is 4.39 Å². The molecular formula is C16H20FNO3. The minimum Gasteiger partial charge on any atom is -0.465 e. The molecule has 1 amide bonds. The minimum atomic E-state index is -0.285. The second-order valence-corrected chi connectivity index (χ2v) is 5.71. The highest BCUT2D eigenvalue weighted by molar-refractivity contribution is 5.79. The highest BCUT2D eigenvalue weighted by Crippen LogP contribution is 2.24. The number of ether oxygens (including phenoxy) is 1. The summed E-state index contributed by atoms with van der Waals surface area (Å²) in [6.45, 7) is 2.23. The average molecular weight is 293 g/mol. The first-order valence-electron chi connectivity index (χ1n) is 7.18. The fourth-order valence-electron chi connectivity index (χ4n) is 2.42. The summed E-state index contributed by atoms with van der Waals surface area (Å²) in [4.78, 5) is 22.9. The lowest BCUT2D eigenvalue weighted by Gasteiger charge is -2.23. The van der Waals surface area contributed by atoms with Crippen molar-refractivity contribution in [3.8, 4) is 0 Å². The van der Waals surface area contributed by atoms with Gasteiger partial charge in [0.1, 0.15) is 5.82 Å². The first-order valence-corrected chi connectivity index (χ1v) is 7.18. The predicted molar refractivity (Wildman–Crippen MR) is 76.1 cm³/mol. The predicted octanol–water partition coefficient (Wildman–Crippen LogP) is 2.36. The van der Waals surface area contributed by atoms with Crippen LogP contribution in [-0.2, 0) is 20.7 Å². The van der Waals surface area contributed by atoms with Crippen molar-refractivity contribution >= 4 is 11.9 Å². The Morgan fingerprint density at radius 3 is 2.71 bits per heavy atom. The lowest BCUT2D eigenvalue weighted by Crippen LogP contribution is -2.38. The van der Waals surface area contributed by atoms with Gasteiger partial charge in [-0.2, -0.15) is 0 Å². The van der Waals surface area contributed by atoms with Crippen molar-refractivity contribution in [3.63, 3.8) is 0 Å². The zero-order valence-corrected chi connectivity index (χ0v) is 12.2. The number of nitrogens with one attached hydrogen (secondary N) is 1. The molecule has 4 nitrogen and oxygen atoms in total. The van der Waals surface area contributed by atoms with Crippen LogP contribution in [0.1, 0.15) is 38.2 Å². The molecule has 0 aliphatic carbocycles. The van der Waals surface area contributed by atoms with Crippen LogP contribution in [0.15, 0.2) is 24.3 Å². The molecular weight excluding hydrogens is 273 g/mol. The van der Waals surface area contributed by atoms with Crippen molar-refractivity contribution in [1.82, 2.24) is 5.32 Å². The topological polar surface area (TPSA) is 55.4 Å². The largest absolute Gasteiger partial charge is 0.465 e. The van der Waals surface area contributed by atoms with E-state index in [-0.39, 0.29) is 29.8 Å². The summed E-state index contributed by atoms with van der Waals surface area (Å²) in [7, 11) is 0. The fraction of sp³-hybridized carbons (Fsp3) is 0.500. The first kappa shape index (κ1) is 15.5. The molecule has 0 spiro atoms. The molecule has 0 bridgehead atoms. The van der Waals surface area contributed by atoms with Crippen molar-refractivity contribution in [3.05, 3.63) is 35.6 Å². The maximum Gasteiger partial charge on any atom is 0.305 e. The maximum absolute atomic E-state index is 12.7. The van der Waals surface area contributed by atoms with Gasteiger partial charge in [-0.1, -0.05) is 12.1 Å². The van der Waals surface area contributed by atoms with Gasteiger partial charge < -0.3 is 10.1 Å². The van der Waals surface area contributed by atoms with Crippen LogP contribution in [0.5, 0.6) is 0 Å². The minimum absolute atomic E-state index is 0.0437. The van der Waals surface area contributed by atoms with E-state index < -0.39 is 0 Å². The van der Waals surface area contributed by atoms with Crippen LogP contribution in [0.2, 0.25) is 0 Å². The summed E-state index contributed by atoms with van der Waals surface area (Å²) in [6, 6.07) is 6.14. The van der Waals surface area contributed by atoms with Crippen LogP contribution in [0, 0.1) is 5.82 Å². The molecule has 21 heavy (non-hydrogen) atoms. The Kier molecular flexibility index (Phi) is 4.94. The van der Waals surface area contributed by atoms with Crippen molar-refractivity contribution in [2.75, 3.05) is 6.61 Å². The van der Waals surface area contributed by atoms with E-state index >= 15 is 0 Å². The van der Waals surface area contributed by atoms with E-state index in [9.17, 15) is 14.0 Å². The Balaban J connectivity index is 1.66. The Hall–Kier alpha value is -1.91. The normalized spacial score (nSPS) is 21.1. The third kappa shape index (κ3) is 4.85. The third-order valence-corrected chi connectivity index (χ3v) is 3.79. The molecule has 0 saturated carbocycles. The van der Waals surface area contributed by atoms with E-state index in [2.05, 4.69) is 5.32 Å². The molecule has 0 radical (unpaired) electrons. The maximum atomic E-state index is 12.7. The van der Waals surface area contributed by atoms with Crippen LogP contribution in [0.3, 0.4) is 0 Å². The SMILES string of the molecule is CC1(CCC(=O)OCCc2ccc(F)cc2)CCC(=O)N1. The number of benzene rings is 1. The highest BCUT2D eigenvalue weighted by atomic mass is 19.1. The summed E-state index contributed by atoms with van der Waals surface area (Å²) in [6.07, 6.45) is 2.74. The van der Waals surface area contributed by atoms with Crippen molar-refractivity contribution in [1.29, 1.82) is 0 Å². The third-order valence-electron chi connectivity index (χ3n) is 3.79. The lowest BCUT2D eigenvalue weighted by molar-refractivity contribution is -0.144. The molecule has 1 aliphatic heterocycles. The standard InChI is InChI=1S/C16H20FNO3/c1-16(9-6-14(19)18-16)10-7-15(20)21-11-8-12-2-4-13(17)5-3-12/h2-5H,6-11H2,1H3,(H,18,19). The Morgan fingerprint density at radius 2 is 2.10 bits per heavy atom. The van der Waals surface area contributed by atoms with Gasteiger partial charge in [0, 0.05) is 24.8 Å². The highest BCUT2D eigenvalue weighted by Gasteiger charge is 2.33. The molecule has 1 aliphatic rings. The molecule has 1 unspecified atom stereocenters. The van der Waals surface area contributed by atoms with E-state index in [1.54, 1.807) is 12.1 Å². The molecule has 1 fully saturated rings.